The van der Waals surface area contributed by atoms with Gasteiger partial charge < -0.3 is 21.5 Å². The van der Waals surface area contributed by atoms with Crippen molar-refractivity contribution < 1.29 is 9.90 Å². The first kappa shape index (κ1) is 13.2. The highest BCUT2D eigenvalue weighted by atomic mass is 16.3. The summed E-state index contributed by atoms with van der Waals surface area (Å²) in [5.41, 5.74) is 11.3. The van der Waals surface area contributed by atoms with Gasteiger partial charge in [0.2, 0.25) is 0 Å². The molecule has 1 unspecified atom stereocenters. The first-order chi connectivity index (χ1) is 7.91. The van der Waals surface area contributed by atoms with E-state index in [1.165, 1.54) is 6.20 Å². The van der Waals surface area contributed by atoms with E-state index in [-0.39, 0.29) is 17.4 Å². The molecule has 0 aliphatic carbocycles. The Morgan fingerprint density at radius 2 is 2.29 bits per heavy atom. The Labute approximate surface area is 100 Å². The van der Waals surface area contributed by atoms with Crippen LogP contribution in [-0.4, -0.2) is 35.7 Å². The number of primary amides is 1. The highest BCUT2D eigenvalue weighted by Crippen LogP contribution is 2.17. The predicted molar refractivity (Wildman–Crippen MR) is 66.7 cm³/mol. The number of anilines is 2. The van der Waals surface area contributed by atoms with Crippen molar-refractivity contribution in [3.05, 3.63) is 17.8 Å². The van der Waals surface area contributed by atoms with Crippen molar-refractivity contribution in [3.63, 3.8) is 0 Å². The summed E-state index contributed by atoms with van der Waals surface area (Å²) in [7, 11) is 1.83. The number of pyridine rings is 1. The monoisotopic (exact) mass is 238 g/mol. The van der Waals surface area contributed by atoms with Gasteiger partial charge in [-0.1, -0.05) is 0 Å². The van der Waals surface area contributed by atoms with E-state index < -0.39 is 5.91 Å². The largest absolute Gasteiger partial charge is 0.397 e. The van der Waals surface area contributed by atoms with Crippen LogP contribution in [0.1, 0.15) is 23.7 Å². The number of rotatable bonds is 5. The van der Waals surface area contributed by atoms with E-state index in [4.69, 9.17) is 11.5 Å². The molecule has 5 N–H and O–H groups in total. The van der Waals surface area contributed by atoms with Crippen molar-refractivity contribution in [3.8, 4) is 0 Å². The maximum absolute atomic E-state index is 11.1. The molecule has 17 heavy (non-hydrogen) atoms. The van der Waals surface area contributed by atoms with E-state index in [0.717, 1.165) is 0 Å². The minimum absolute atomic E-state index is 0.263. The van der Waals surface area contributed by atoms with Gasteiger partial charge in [-0.3, -0.25) is 4.79 Å². The molecule has 6 nitrogen and oxygen atoms in total. The van der Waals surface area contributed by atoms with Crippen LogP contribution in [0.15, 0.2) is 12.3 Å². The lowest BCUT2D eigenvalue weighted by Crippen LogP contribution is -2.24. The first-order valence-electron chi connectivity index (χ1n) is 5.36. The standard InChI is InChI=1S/C11H18N4O2/c1-7(16)3-4-15(2)10-5-8(11(13)17)9(12)6-14-10/h5-7,16H,3-4,12H2,1-2H3,(H2,13,17). The van der Waals surface area contributed by atoms with Crippen LogP contribution in [0.25, 0.3) is 0 Å². The van der Waals surface area contributed by atoms with Gasteiger partial charge >= 0.3 is 0 Å². The van der Waals surface area contributed by atoms with Crippen molar-refractivity contribution in [2.45, 2.75) is 19.4 Å². The summed E-state index contributed by atoms with van der Waals surface area (Å²) < 4.78 is 0. The lowest BCUT2D eigenvalue weighted by atomic mass is 10.2. The molecule has 1 atom stereocenters. The second kappa shape index (κ2) is 5.49. The van der Waals surface area contributed by atoms with Gasteiger partial charge in [0.15, 0.2) is 0 Å². The zero-order valence-corrected chi connectivity index (χ0v) is 10.1. The molecule has 0 bridgehead atoms. The normalized spacial score (nSPS) is 12.2. The molecule has 1 aromatic rings. The Kier molecular flexibility index (Phi) is 4.28. The van der Waals surface area contributed by atoms with Crippen LogP contribution in [0.4, 0.5) is 11.5 Å². The zero-order chi connectivity index (χ0) is 13.0. The summed E-state index contributed by atoms with van der Waals surface area (Å²) in [5.74, 6) is 0.0312. The second-order valence-corrected chi connectivity index (χ2v) is 4.05. The number of hydrogen-bond acceptors (Lipinski definition) is 5. The van der Waals surface area contributed by atoms with Gasteiger partial charge in [0.05, 0.1) is 23.6 Å². The molecule has 0 spiro atoms. The quantitative estimate of drug-likeness (QED) is 0.668. The lowest BCUT2D eigenvalue weighted by Gasteiger charge is -2.19. The molecule has 0 saturated heterocycles. The minimum Gasteiger partial charge on any atom is -0.397 e. The summed E-state index contributed by atoms with van der Waals surface area (Å²) >= 11 is 0. The fraction of sp³-hybridized carbons (Fsp3) is 0.455. The maximum Gasteiger partial charge on any atom is 0.250 e. The third-order valence-electron chi connectivity index (χ3n) is 2.46. The number of aliphatic hydroxyl groups is 1. The van der Waals surface area contributed by atoms with Crippen LogP contribution in [0.2, 0.25) is 0 Å². The van der Waals surface area contributed by atoms with Crippen LogP contribution < -0.4 is 16.4 Å². The molecule has 1 heterocycles. The van der Waals surface area contributed by atoms with Crippen molar-refractivity contribution in [1.29, 1.82) is 0 Å². The third-order valence-corrected chi connectivity index (χ3v) is 2.46. The van der Waals surface area contributed by atoms with E-state index in [1.54, 1.807) is 13.0 Å². The molecule has 1 aromatic heterocycles. The lowest BCUT2D eigenvalue weighted by molar-refractivity contribution is 0.100. The van der Waals surface area contributed by atoms with Crippen LogP contribution in [0.5, 0.6) is 0 Å². The Morgan fingerprint density at radius 3 is 2.82 bits per heavy atom. The molecule has 0 fully saturated rings. The molecule has 0 saturated carbocycles. The highest BCUT2D eigenvalue weighted by molar-refractivity contribution is 5.98. The number of aromatic nitrogens is 1. The van der Waals surface area contributed by atoms with Gasteiger partial charge in [-0.25, -0.2) is 4.98 Å². The highest BCUT2D eigenvalue weighted by Gasteiger charge is 2.10. The van der Waals surface area contributed by atoms with Crippen LogP contribution in [0.3, 0.4) is 0 Å². The summed E-state index contributed by atoms with van der Waals surface area (Å²) in [6, 6.07) is 1.56. The number of amides is 1. The maximum atomic E-state index is 11.1. The number of aliphatic hydroxyl groups excluding tert-OH is 1. The number of carbonyl (C=O) groups excluding carboxylic acids is 1. The van der Waals surface area contributed by atoms with Crippen molar-refractivity contribution in [1.82, 2.24) is 4.98 Å². The SMILES string of the molecule is CC(O)CCN(C)c1cc(C(N)=O)c(N)cn1. The molecule has 6 heteroatoms. The number of carbonyl (C=O) groups is 1. The molecular formula is C11H18N4O2. The molecule has 1 rings (SSSR count). The Morgan fingerprint density at radius 1 is 1.65 bits per heavy atom. The van der Waals surface area contributed by atoms with E-state index >= 15 is 0 Å². The van der Waals surface area contributed by atoms with Crippen molar-refractivity contribution in [2.75, 3.05) is 24.2 Å². The summed E-state index contributed by atoms with van der Waals surface area (Å²) in [6.45, 7) is 2.35. The summed E-state index contributed by atoms with van der Waals surface area (Å²) in [6.07, 6.45) is 1.66. The minimum atomic E-state index is -0.574. The molecule has 0 aromatic carbocycles. The van der Waals surface area contributed by atoms with Gasteiger partial charge in [0.1, 0.15) is 5.82 Å². The molecule has 1 amide bonds. The number of nitrogens with zero attached hydrogens (tertiary/aromatic N) is 2. The Hall–Kier alpha value is -1.82. The zero-order valence-electron chi connectivity index (χ0n) is 10.1. The van der Waals surface area contributed by atoms with Gasteiger partial charge in [0.25, 0.3) is 5.91 Å². The average molecular weight is 238 g/mol. The second-order valence-electron chi connectivity index (χ2n) is 4.05. The van der Waals surface area contributed by atoms with E-state index in [0.29, 0.717) is 18.8 Å². The van der Waals surface area contributed by atoms with Gasteiger partial charge in [0, 0.05) is 13.6 Å². The van der Waals surface area contributed by atoms with E-state index in [2.05, 4.69) is 4.98 Å². The third kappa shape index (κ3) is 3.60. The Bertz CT molecular complexity index is 406. The number of hydrogen-bond donors (Lipinski definition) is 3. The fourth-order valence-electron chi connectivity index (χ4n) is 1.37. The molecule has 0 aliphatic heterocycles. The van der Waals surface area contributed by atoms with Gasteiger partial charge in [-0.15, -0.1) is 0 Å². The predicted octanol–water partition coefficient (Wildman–Crippen LogP) is -0.0302. The molecule has 0 aliphatic rings. The van der Waals surface area contributed by atoms with Crippen molar-refractivity contribution >= 4 is 17.4 Å². The summed E-state index contributed by atoms with van der Waals surface area (Å²) in [5, 5.41) is 9.19. The molecule has 94 valence electrons. The van der Waals surface area contributed by atoms with E-state index in [9.17, 15) is 9.90 Å². The number of nitrogen functional groups attached to an aromatic ring is 1. The van der Waals surface area contributed by atoms with E-state index in [1.807, 2.05) is 11.9 Å². The van der Waals surface area contributed by atoms with Gasteiger partial charge in [-0.2, -0.15) is 0 Å². The summed E-state index contributed by atoms with van der Waals surface area (Å²) in [4.78, 5) is 17.1. The first-order valence-corrected chi connectivity index (χ1v) is 5.36. The van der Waals surface area contributed by atoms with Gasteiger partial charge in [-0.05, 0) is 19.4 Å². The molecule has 0 radical (unpaired) electrons. The van der Waals surface area contributed by atoms with Crippen LogP contribution in [-0.2, 0) is 0 Å². The smallest absolute Gasteiger partial charge is 0.250 e. The average Bonchev–Trinajstić information content (AvgIpc) is 2.26. The fourth-order valence-corrected chi connectivity index (χ4v) is 1.37. The Balaban J connectivity index is 2.84. The number of nitrogens with two attached hydrogens (primary N) is 2. The van der Waals surface area contributed by atoms with Crippen LogP contribution in [0, 0.1) is 0 Å². The van der Waals surface area contributed by atoms with Crippen LogP contribution >= 0.6 is 0 Å². The topological polar surface area (TPSA) is 105 Å². The van der Waals surface area contributed by atoms with Crippen molar-refractivity contribution in [2.24, 2.45) is 5.73 Å². The molecular weight excluding hydrogens is 220 g/mol.